The number of para-hydroxylation sites is 1. The van der Waals surface area contributed by atoms with Crippen LogP contribution in [0.25, 0.3) is 10.9 Å². The average Bonchev–Trinajstić information content (AvgIpc) is 2.84. The van der Waals surface area contributed by atoms with Crippen molar-refractivity contribution in [2.45, 2.75) is 24.7 Å². The highest BCUT2D eigenvalue weighted by Gasteiger charge is 2.24. The van der Waals surface area contributed by atoms with E-state index in [2.05, 4.69) is 4.98 Å². The fourth-order valence-corrected chi connectivity index (χ4v) is 4.81. The van der Waals surface area contributed by atoms with Crippen LogP contribution in [0.2, 0.25) is 0 Å². The van der Waals surface area contributed by atoms with Gasteiger partial charge >= 0.3 is 0 Å². The molecule has 0 aliphatic heterocycles. The maximum Gasteiger partial charge on any atom is 0.262 e. The molecule has 5 nitrogen and oxygen atoms in total. The van der Waals surface area contributed by atoms with E-state index in [-0.39, 0.29) is 23.3 Å². The number of hydrogen-bond donors (Lipinski definition) is 0. The minimum Gasteiger partial charge on any atom is -0.334 e. The van der Waals surface area contributed by atoms with Crippen molar-refractivity contribution in [3.8, 4) is 0 Å². The molecule has 0 radical (unpaired) electrons. The zero-order valence-corrected chi connectivity index (χ0v) is 19.0. The number of thioether (sulfide) groups is 1. The van der Waals surface area contributed by atoms with Crippen LogP contribution >= 0.6 is 11.8 Å². The molecule has 6 heteroatoms. The molecule has 4 rings (SSSR count). The van der Waals surface area contributed by atoms with E-state index in [0.29, 0.717) is 22.6 Å². The fraction of sp³-hybridized carbons (Fsp3) is 0.192. The summed E-state index contributed by atoms with van der Waals surface area (Å²) in [6.45, 7) is 2.41. The molecule has 3 aromatic carbocycles. The summed E-state index contributed by atoms with van der Waals surface area (Å²) in [7, 11) is 1.83. The van der Waals surface area contributed by atoms with Gasteiger partial charge in [0.05, 0.1) is 22.7 Å². The van der Waals surface area contributed by atoms with Gasteiger partial charge in [0.1, 0.15) is 0 Å². The van der Waals surface area contributed by atoms with E-state index in [1.54, 1.807) is 15.5 Å². The van der Waals surface area contributed by atoms with Crippen LogP contribution in [0.15, 0.2) is 94.9 Å². The van der Waals surface area contributed by atoms with Gasteiger partial charge in [-0.2, -0.15) is 0 Å². The average molecular weight is 444 g/mol. The Kier molecular flexibility index (Phi) is 6.71. The third-order valence-electron chi connectivity index (χ3n) is 5.48. The van der Waals surface area contributed by atoms with Crippen molar-refractivity contribution in [2.75, 3.05) is 12.8 Å². The number of fused-ring (bicyclic) bond motifs is 1. The molecule has 0 unspecified atom stereocenters. The molecule has 0 fully saturated rings. The Morgan fingerprint density at radius 1 is 0.938 bits per heavy atom. The second kappa shape index (κ2) is 9.83. The highest BCUT2D eigenvalue weighted by atomic mass is 32.2. The zero-order valence-electron chi connectivity index (χ0n) is 18.1. The molecule has 162 valence electrons. The van der Waals surface area contributed by atoms with Crippen molar-refractivity contribution in [2.24, 2.45) is 0 Å². The minimum absolute atomic E-state index is 0.0298. The summed E-state index contributed by atoms with van der Waals surface area (Å²) in [5, 5.41) is 1.16. The number of amides is 1. The Labute approximate surface area is 191 Å². The van der Waals surface area contributed by atoms with E-state index >= 15 is 0 Å². The van der Waals surface area contributed by atoms with Gasteiger partial charge in [-0.05, 0) is 30.2 Å². The summed E-state index contributed by atoms with van der Waals surface area (Å²) in [4.78, 5) is 32.5. The van der Waals surface area contributed by atoms with E-state index < -0.39 is 0 Å². The largest absolute Gasteiger partial charge is 0.334 e. The normalized spacial score (nSPS) is 11.1. The molecule has 1 heterocycles. The van der Waals surface area contributed by atoms with Gasteiger partial charge in [-0.15, -0.1) is 0 Å². The molecule has 1 aromatic heterocycles. The summed E-state index contributed by atoms with van der Waals surface area (Å²) < 4.78 is 1.63. The third-order valence-corrected chi connectivity index (χ3v) is 6.44. The van der Waals surface area contributed by atoms with E-state index in [0.717, 1.165) is 11.1 Å². The van der Waals surface area contributed by atoms with Crippen molar-refractivity contribution >= 4 is 28.6 Å². The van der Waals surface area contributed by atoms with Crippen LogP contribution < -0.4 is 5.56 Å². The second-order valence-corrected chi connectivity index (χ2v) is 8.42. The van der Waals surface area contributed by atoms with E-state index in [9.17, 15) is 9.59 Å². The summed E-state index contributed by atoms with van der Waals surface area (Å²) in [6.07, 6.45) is 0. The summed E-state index contributed by atoms with van der Waals surface area (Å²) in [5.74, 6) is 0.162. The first-order valence-corrected chi connectivity index (χ1v) is 11.6. The van der Waals surface area contributed by atoms with Crippen molar-refractivity contribution in [1.82, 2.24) is 14.5 Å². The van der Waals surface area contributed by atoms with Crippen molar-refractivity contribution < 1.29 is 4.79 Å². The molecule has 4 aromatic rings. The van der Waals surface area contributed by atoms with Crippen LogP contribution in [0.1, 0.15) is 24.1 Å². The number of carbonyl (C=O) groups excluding carboxylic acids is 1. The first-order valence-electron chi connectivity index (χ1n) is 10.6. The van der Waals surface area contributed by atoms with E-state index in [1.807, 2.05) is 92.8 Å². The molecular weight excluding hydrogens is 418 g/mol. The van der Waals surface area contributed by atoms with Gasteiger partial charge < -0.3 is 4.90 Å². The molecule has 0 saturated heterocycles. The smallest absolute Gasteiger partial charge is 0.262 e. The predicted octanol–water partition coefficient (Wildman–Crippen LogP) is 4.76. The molecule has 0 bridgehead atoms. The van der Waals surface area contributed by atoms with Crippen LogP contribution in [0.5, 0.6) is 0 Å². The standard InChI is InChI=1S/C26H25N3O2S/c1-3-29-25(31)21-16-10-11-17-22(21)27-26(29)32-18-23(30)28(2)24(19-12-6-4-7-13-19)20-14-8-5-9-15-20/h4-17,24H,3,18H2,1-2H3. The van der Waals surface area contributed by atoms with Gasteiger partial charge in [0.25, 0.3) is 5.56 Å². The Balaban J connectivity index is 1.60. The number of rotatable bonds is 7. The quantitative estimate of drug-likeness (QED) is 0.305. The lowest BCUT2D eigenvalue weighted by Gasteiger charge is -2.29. The number of carbonyl (C=O) groups is 1. The number of benzene rings is 3. The number of aromatic nitrogens is 2. The van der Waals surface area contributed by atoms with Gasteiger partial charge in [0.2, 0.25) is 5.91 Å². The van der Waals surface area contributed by atoms with Gasteiger partial charge in [-0.3, -0.25) is 14.2 Å². The maximum absolute atomic E-state index is 13.2. The van der Waals surface area contributed by atoms with Gasteiger partial charge in [0.15, 0.2) is 5.16 Å². The minimum atomic E-state index is -0.191. The molecule has 0 aliphatic rings. The van der Waals surface area contributed by atoms with Crippen molar-refractivity contribution in [3.05, 3.63) is 106 Å². The highest BCUT2D eigenvalue weighted by Crippen LogP contribution is 2.28. The molecule has 0 N–H and O–H groups in total. The first kappa shape index (κ1) is 21.8. The fourth-order valence-electron chi connectivity index (χ4n) is 3.82. The second-order valence-electron chi connectivity index (χ2n) is 7.48. The van der Waals surface area contributed by atoms with Crippen LogP contribution in [0.3, 0.4) is 0 Å². The monoisotopic (exact) mass is 443 g/mol. The molecule has 1 amide bonds. The highest BCUT2D eigenvalue weighted by molar-refractivity contribution is 7.99. The SMILES string of the molecule is CCn1c(SCC(=O)N(C)C(c2ccccc2)c2ccccc2)nc2ccccc2c1=O. The first-order chi connectivity index (χ1) is 15.6. The lowest BCUT2D eigenvalue weighted by Crippen LogP contribution is -2.33. The van der Waals surface area contributed by atoms with Crippen molar-refractivity contribution in [1.29, 1.82) is 0 Å². The van der Waals surface area contributed by atoms with Crippen LogP contribution in [0, 0.1) is 0 Å². The van der Waals surface area contributed by atoms with Crippen molar-refractivity contribution in [3.63, 3.8) is 0 Å². The third kappa shape index (κ3) is 4.46. The van der Waals surface area contributed by atoms with E-state index in [4.69, 9.17) is 0 Å². The summed E-state index contributed by atoms with van der Waals surface area (Å²) >= 11 is 1.31. The summed E-state index contributed by atoms with van der Waals surface area (Å²) in [6, 6.07) is 27.1. The van der Waals surface area contributed by atoms with Crippen LogP contribution in [-0.4, -0.2) is 33.2 Å². The van der Waals surface area contributed by atoms with Crippen LogP contribution in [-0.2, 0) is 11.3 Å². The van der Waals surface area contributed by atoms with Crippen LogP contribution in [0.4, 0.5) is 0 Å². The Hall–Kier alpha value is -3.38. The molecule has 0 saturated carbocycles. The lowest BCUT2D eigenvalue weighted by molar-refractivity contribution is -0.128. The van der Waals surface area contributed by atoms with Gasteiger partial charge in [-0.25, -0.2) is 4.98 Å². The molecule has 0 atom stereocenters. The Morgan fingerprint density at radius 2 is 1.50 bits per heavy atom. The predicted molar refractivity (Wildman–Crippen MR) is 130 cm³/mol. The summed E-state index contributed by atoms with van der Waals surface area (Å²) in [5.41, 5.74) is 2.67. The van der Waals surface area contributed by atoms with Gasteiger partial charge in [0, 0.05) is 13.6 Å². The molecule has 0 spiro atoms. The Bertz CT molecular complexity index is 1230. The topological polar surface area (TPSA) is 55.2 Å². The lowest BCUT2D eigenvalue weighted by atomic mass is 9.97. The zero-order chi connectivity index (χ0) is 22.5. The maximum atomic E-state index is 13.2. The molecule has 32 heavy (non-hydrogen) atoms. The number of nitrogens with zero attached hydrogens (tertiary/aromatic N) is 3. The van der Waals surface area contributed by atoms with Gasteiger partial charge in [-0.1, -0.05) is 84.6 Å². The number of hydrogen-bond acceptors (Lipinski definition) is 4. The Morgan fingerprint density at radius 3 is 2.09 bits per heavy atom. The molecule has 0 aliphatic carbocycles. The molecular formula is C26H25N3O2S. The van der Waals surface area contributed by atoms with E-state index in [1.165, 1.54) is 11.8 Å².